The number of aryl methyl sites for hydroxylation is 1. The van der Waals surface area contributed by atoms with Gasteiger partial charge in [0.15, 0.2) is 0 Å². The van der Waals surface area contributed by atoms with Crippen molar-refractivity contribution in [2.45, 2.75) is 38.3 Å². The molecule has 148 valence electrons. The number of hydrogen-bond donors (Lipinski definition) is 3. The summed E-state index contributed by atoms with van der Waals surface area (Å²) in [4.78, 5) is 35.9. The van der Waals surface area contributed by atoms with Crippen molar-refractivity contribution in [1.82, 2.24) is 10.6 Å². The van der Waals surface area contributed by atoms with Crippen LogP contribution >= 0.6 is 0 Å². The Balaban J connectivity index is 2.04. The SMILES string of the molecule is CC(=O)N[C@H](Cc1ccc(F)cc1)C(=O)N[C@H](CCc1ccccc1)C(N)=O. The highest BCUT2D eigenvalue weighted by atomic mass is 19.1. The molecule has 0 unspecified atom stereocenters. The molecule has 0 aliphatic heterocycles. The van der Waals surface area contributed by atoms with Gasteiger partial charge in [-0.3, -0.25) is 14.4 Å². The minimum atomic E-state index is -0.901. The van der Waals surface area contributed by atoms with E-state index in [4.69, 9.17) is 5.73 Å². The third kappa shape index (κ3) is 6.83. The van der Waals surface area contributed by atoms with Crippen LogP contribution in [0.1, 0.15) is 24.5 Å². The molecule has 0 aliphatic rings. The molecular formula is C21H24FN3O3. The number of nitrogens with two attached hydrogens (primary N) is 1. The van der Waals surface area contributed by atoms with Gasteiger partial charge in [-0.05, 0) is 36.1 Å². The Morgan fingerprint density at radius 3 is 2.14 bits per heavy atom. The Kier molecular flexibility index (Phi) is 7.68. The summed E-state index contributed by atoms with van der Waals surface area (Å²) in [5.74, 6) is -1.94. The van der Waals surface area contributed by atoms with Crippen molar-refractivity contribution >= 4 is 17.7 Å². The molecule has 0 saturated carbocycles. The quantitative estimate of drug-likeness (QED) is 0.609. The highest BCUT2D eigenvalue weighted by Crippen LogP contribution is 2.08. The molecule has 0 aromatic heterocycles. The number of carbonyl (C=O) groups is 3. The number of primary amides is 1. The van der Waals surface area contributed by atoms with Crippen LogP contribution in [0.4, 0.5) is 4.39 Å². The topological polar surface area (TPSA) is 101 Å². The van der Waals surface area contributed by atoms with Gasteiger partial charge in [-0.15, -0.1) is 0 Å². The van der Waals surface area contributed by atoms with Crippen molar-refractivity contribution in [2.24, 2.45) is 5.73 Å². The second-order valence-electron chi connectivity index (χ2n) is 6.57. The van der Waals surface area contributed by atoms with Gasteiger partial charge in [0.1, 0.15) is 17.9 Å². The zero-order valence-corrected chi connectivity index (χ0v) is 15.7. The number of halogens is 1. The van der Waals surface area contributed by atoms with E-state index in [1.807, 2.05) is 30.3 Å². The van der Waals surface area contributed by atoms with Crippen LogP contribution in [0.2, 0.25) is 0 Å². The Morgan fingerprint density at radius 2 is 1.57 bits per heavy atom. The molecule has 2 rings (SSSR count). The number of amides is 3. The third-order valence-electron chi connectivity index (χ3n) is 4.27. The first kappa shape index (κ1) is 21.1. The molecule has 0 spiro atoms. The lowest BCUT2D eigenvalue weighted by Crippen LogP contribution is -2.53. The van der Waals surface area contributed by atoms with Crippen LogP contribution in [-0.4, -0.2) is 29.8 Å². The van der Waals surface area contributed by atoms with Crippen molar-refractivity contribution in [1.29, 1.82) is 0 Å². The Labute approximate surface area is 163 Å². The summed E-state index contributed by atoms with van der Waals surface area (Å²) in [6.07, 6.45) is 1.07. The van der Waals surface area contributed by atoms with Crippen LogP contribution in [-0.2, 0) is 27.2 Å². The average Bonchev–Trinajstić information content (AvgIpc) is 2.66. The van der Waals surface area contributed by atoms with Crippen LogP contribution in [0.25, 0.3) is 0 Å². The summed E-state index contributed by atoms with van der Waals surface area (Å²) in [6.45, 7) is 1.30. The lowest BCUT2D eigenvalue weighted by atomic mass is 10.0. The van der Waals surface area contributed by atoms with Crippen LogP contribution in [0.5, 0.6) is 0 Å². The average molecular weight is 385 g/mol. The fraction of sp³-hybridized carbons (Fsp3) is 0.286. The molecule has 2 atom stereocenters. The van der Waals surface area contributed by atoms with Gasteiger partial charge in [0, 0.05) is 13.3 Å². The predicted octanol–water partition coefficient (Wildman–Crippen LogP) is 1.48. The van der Waals surface area contributed by atoms with Crippen molar-refractivity contribution in [2.75, 3.05) is 0 Å². The number of carbonyl (C=O) groups excluding carboxylic acids is 3. The van der Waals surface area contributed by atoms with Crippen molar-refractivity contribution in [3.8, 4) is 0 Å². The number of nitrogens with one attached hydrogen (secondary N) is 2. The monoisotopic (exact) mass is 385 g/mol. The standard InChI is InChI=1S/C21H24FN3O3/c1-14(26)24-19(13-16-7-10-17(22)11-8-16)21(28)25-18(20(23)27)12-9-15-5-3-2-4-6-15/h2-8,10-11,18-19H,9,12-13H2,1H3,(H2,23,27)(H,24,26)(H,25,28)/t18-,19-/m1/s1. The molecular weight excluding hydrogens is 361 g/mol. The fourth-order valence-electron chi connectivity index (χ4n) is 2.82. The summed E-state index contributed by atoms with van der Waals surface area (Å²) in [5.41, 5.74) is 7.13. The van der Waals surface area contributed by atoms with Gasteiger partial charge in [0.25, 0.3) is 0 Å². The number of hydrogen-bond acceptors (Lipinski definition) is 3. The lowest BCUT2D eigenvalue weighted by Gasteiger charge is -2.21. The molecule has 2 aromatic carbocycles. The van der Waals surface area contributed by atoms with Crippen LogP contribution in [0.3, 0.4) is 0 Å². The van der Waals surface area contributed by atoms with E-state index in [9.17, 15) is 18.8 Å². The van der Waals surface area contributed by atoms with E-state index in [0.29, 0.717) is 18.4 Å². The second kappa shape index (κ2) is 10.2. The van der Waals surface area contributed by atoms with Gasteiger partial charge in [-0.1, -0.05) is 42.5 Å². The van der Waals surface area contributed by atoms with Crippen LogP contribution in [0.15, 0.2) is 54.6 Å². The molecule has 2 aromatic rings. The molecule has 0 saturated heterocycles. The Hall–Kier alpha value is -3.22. The molecule has 0 bridgehead atoms. The summed E-state index contributed by atoms with van der Waals surface area (Å²) < 4.78 is 13.1. The first-order valence-electron chi connectivity index (χ1n) is 9.00. The Bertz CT molecular complexity index is 809. The lowest BCUT2D eigenvalue weighted by molar-refractivity contribution is -0.130. The maximum atomic E-state index is 13.1. The zero-order chi connectivity index (χ0) is 20.5. The van der Waals surface area contributed by atoms with Gasteiger partial charge >= 0.3 is 0 Å². The van der Waals surface area contributed by atoms with Crippen molar-refractivity contribution < 1.29 is 18.8 Å². The van der Waals surface area contributed by atoms with E-state index < -0.39 is 23.9 Å². The van der Waals surface area contributed by atoms with Gasteiger partial charge < -0.3 is 16.4 Å². The normalized spacial score (nSPS) is 12.6. The van der Waals surface area contributed by atoms with E-state index >= 15 is 0 Å². The molecule has 0 radical (unpaired) electrons. The molecule has 0 fully saturated rings. The summed E-state index contributed by atoms with van der Waals surface area (Å²) in [5, 5.41) is 5.19. The minimum absolute atomic E-state index is 0.163. The largest absolute Gasteiger partial charge is 0.368 e. The van der Waals surface area contributed by atoms with Gasteiger partial charge in [-0.2, -0.15) is 0 Å². The van der Waals surface area contributed by atoms with E-state index in [1.54, 1.807) is 12.1 Å². The first-order valence-corrected chi connectivity index (χ1v) is 9.00. The molecule has 6 nitrogen and oxygen atoms in total. The molecule has 3 amide bonds. The molecule has 4 N–H and O–H groups in total. The highest BCUT2D eigenvalue weighted by Gasteiger charge is 2.25. The van der Waals surface area contributed by atoms with E-state index in [-0.39, 0.29) is 18.1 Å². The summed E-state index contributed by atoms with van der Waals surface area (Å²) in [7, 11) is 0. The van der Waals surface area contributed by atoms with Gasteiger partial charge in [0.2, 0.25) is 17.7 Å². The minimum Gasteiger partial charge on any atom is -0.368 e. The smallest absolute Gasteiger partial charge is 0.243 e. The predicted molar refractivity (Wildman–Crippen MR) is 104 cm³/mol. The molecule has 7 heteroatoms. The maximum Gasteiger partial charge on any atom is 0.243 e. The van der Waals surface area contributed by atoms with E-state index in [1.165, 1.54) is 19.1 Å². The summed E-state index contributed by atoms with van der Waals surface area (Å²) >= 11 is 0. The third-order valence-corrected chi connectivity index (χ3v) is 4.27. The highest BCUT2D eigenvalue weighted by molar-refractivity contribution is 5.91. The van der Waals surface area contributed by atoms with Crippen LogP contribution in [0, 0.1) is 5.82 Å². The Morgan fingerprint density at radius 1 is 0.929 bits per heavy atom. The van der Waals surface area contributed by atoms with Crippen molar-refractivity contribution in [3.63, 3.8) is 0 Å². The number of rotatable bonds is 9. The second-order valence-corrected chi connectivity index (χ2v) is 6.57. The van der Waals surface area contributed by atoms with Crippen molar-refractivity contribution in [3.05, 3.63) is 71.5 Å². The van der Waals surface area contributed by atoms with Gasteiger partial charge in [-0.25, -0.2) is 4.39 Å². The van der Waals surface area contributed by atoms with E-state index in [0.717, 1.165) is 5.56 Å². The van der Waals surface area contributed by atoms with Crippen LogP contribution < -0.4 is 16.4 Å². The number of benzene rings is 2. The first-order chi connectivity index (χ1) is 13.3. The fourth-order valence-corrected chi connectivity index (χ4v) is 2.82. The summed E-state index contributed by atoms with van der Waals surface area (Å²) in [6, 6.07) is 13.4. The van der Waals surface area contributed by atoms with E-state index in [2.05, 4.69) is 10.6 Å². The molecule has 28 heavy (non-hydrogen) atoms. The maximum absolute atomic E-state index is 13.1. The van der Waals surface area contributed by atoms with Gasteiger partial charge in [0.05, 0.1) is 0 Å². The molecule has 0 aliphatic carbocycles. The molecule has 0 heterocycles. The zero-order valence-electron chi connectivity index (χ0n) is 15.7.